The van der Waals surface area contributed by atoms with E-state index in [-0.39, 0.29) is 0 Å². The highest BCUT2D eigenvalue weighted by molar-refractivity contribution is 5.88. The predicted molar refractivity (Wildman–Crippen MR) is 72.4 cm³/mol. The van der Waals surface area contributed by atoms with E-state index in [1.807, 2.05) is 0 Å². The molecule has 0 saturated heterocycles. The molecule has 2 aromatic rings. The lowest BCUT2D eigenvalue weighted by molar-refractivity contribution is 0.268. The molecule has 0 amide bonds. The average Bonchev–Trinajstić information content (AvgIpc) is 2.67. The van der Waals surface area contributed by atoms with Crippen LogP contribution in [0.1, 0.15) is 29.3 Å². The Labute approximate surface area is 103 Å². The summed E-state index contributed by atoms with van der Waals surface area (Å²) in [4.78, 5) is 6.15. The van der Waals surface area contributed by atoms with Gasteiger partial charge >= 0.3 is 0 Å². The van der Waals surface area contributed by atoms with Crippen molar-refractivity contribution in [2.24, 2.45) is 0 Å². The molecule has 90 valence electrons. The van der Waals surface area contributed by atoms with Crippen molar-refractivity contribution in [2.75, 3.05) is 13.1 Å². The maximum absolute atomic E-state index is 3.63. The van der Waals surface area contributed by atoms with Gasteiger partial charge in [-0.25, -0.2) is 0 Å². The van der Waals surface area contributed by atoms with Gasteiger partial charge in [0.1, 0.15) is 0 Å². The van der Waals surface area contributed by atoms with Crippen molar-refractivity contribution < 1.29 is 0 Å². The number of nitrogens with one attached hydrogen (secondary N) is 1. The van der Waals surface area contributed by atoms with Crippen LogP contribution in [0.3, 0.4) is 0 Å². The molecule has 0 saturated carbocycles. The highest BCUT2D eigenvalue weighted by Gasteiger charge is 2.20. The zero-order valence-electron chi connectivity index (χ0n) is 10.9. The number of benzene rings is 1. The third-order valence-corrected chi connectivity index (χ3v) is 3.95. The molecule has 2 heterocycles. The van der Waals surface area contributed by atoms with Crippen LogP contribution in [-0.4, -0.2) is 23.0 Å². The van der Waals surface area contributed by atoms with Gasteiger partial charge in [0, 0.05) is 36.1 Å². The number of hydrogen-bond donors (Lipinski definition) is 1. The van der Waals surface area contributed by atoms with Gasteiger partial charge in [-0.2, -0.15) is 0 Å². The summed E-state index contributed by atoms with van der Waals surface area (Å²) in [5, 5.41) is 1.44. The molecule has 2 heteroatoms. The second-order valence-corrected chi connectivity index (χ2v) is 5.21. The van der Waals surface area contributed by atoms with Crippen molar-refractivity contribution in [2.45, 2.75) is 33.7 Å². The van der Waals surface area contributed by atoms with Gasteiger partial charge in [0.05, 0.1) is 0 Å². The van der Waals surface area contributed by atoms with Crippen molar-refractivity contribution in [3.8, 4) is 0 Å². The fourth-order valence-electron chi connectivity index (χ4n) is 3.00. The maximum atomic E-state index is 3.63. The van der Waals surface area contributed by atoms with Crippen molar-refractivity contribution >= 4 is 10.9 Å². The minimum Gasteiger partial charge on any atom is -0.358 e. The van der Waals surface area contributed by atoms with Gasteiger partial charge in [-0.05, 0) is 37.6 Å². The fraction of sp³-hybridized carbons (Fsp3) is 0.467. The zero-order chi connectivity index (χ0) is 12.0. The Kier molecular flexibility index (Phi) is 2.48. The van der Waals surface area contributed by atoms with E-state index >= 15 is 0 Å². The summed E-state index contributed by atoms with van der Waals surface area (Å²) in [7, 11) is 0. The van der Waals surface area contributed by atoms with E-state index in [0.29, 0.717) is 0 Å². The lowest BCUT2D eigenvalue weighted by Crippen LogP contribution is -2.29. The molecular formula is C15H20N2. The molecule has 0 radical (unpaired) electrons. The summed E-state index contributed by atoms with van der Waals surface area (Å²) in [5.41, 5.74) is 7.07. The number of aryl methyl sites for hydroxylation is 2. The molecule has 0 bridgehead atoms. The Morgan fingerprint density at radius 3 is 2.88 bits per heavy atom. The Hall–Kier alpha value is -1.28. The third kappa shape index (κ3) is 1.67. The molecule has 2 nitrogen and oxygen atoms in total. The quantitative estimate of drug-likeness (QED) is 0.794. The van der Waals surface area contributed by atoms with Gasteiger partial charge in [-0.3, -0.25) is 4.90 Å². The molecule has 0 aliphatic carbocycles. The number of hydrogen-bond acceptors (Lipinski definition) is 1. The van der Waals surface area contributed by atoms with Crippen molar-refractivity contribution in [1.29, 1.82) is 0 Å². The number of aromatic amines is 1. The molecule has 0 fully saturated rings. The van der Waals surface area contributed by atoms with Crippen LogP contribution in [0, 0.1) is 13.8 Å². The number of rotatable bonds is 1. The molecule has 1 aliphatic heterocycles. The minimum atomic E-state index is 1.11. The number of fused-ring (bicyclic) bond motifs is 3. The first kappa shape index (κ1) is 10.8. The molecule has 1 aromatic heterocycles. The third-order valence-electron chi connectivity index (χ3n) is 3.95. The van der Waals surface area contributed by atoms with Crippen molar-refractivity contribution in [3.63, 3.8) is 0 Å². The number of nitrogens with zero attached hydrogens (tertiary/aromatic N) is 1. The normalized spacial score (nSPS) is 16.4. The van der Waals surface area contributed by atoms with E-state index in [2.05, 4.69) is 42.8 Å². The number of likely N-dealkylation sites (N-methyl/N-ethyl adjacent to an activating group) is 1. The van der Waals surface area contributed by atoms with Crippen LogP contribution in [-0.2, 0) is 13.0 Å². The largest absolute Gasteiger partial charge is 0.358 e. The monoisotopic (exact) mass is 228 g/mol. The molecular weight excluding hydrogens is 208 g/mol. The first-order valence-electron chi connectivity index (χ1n) is 6.52. The Bertz CT molecular complexity index is 566. The minimum absolute atomic E-state index is 1.11. The van der Waals surface area contributed by atoms with Crippen LogP contribution in [0.5, 0.6) is 0 Å². The van der Waals surface area contributed by atoms with Crippen LogP contribution in [0.15, 0.2) is 12.1 Å². The van der Waals surface area contributed by atoms with E-state index in [0.717, 1.165) is 19.5 Å². The summed E-state index contributed by atoms with van der Waals surface area (Å²) in [6.07, 6.45) is 1.16. The molecule has 1 aromatic carbocycles. The standard InChI is InChI=1S/C15H20N2/c1-4-17-6-5-14-13(9-17)12-8-10(2)7-11(3)15(12)16-14/h7-8,16H,4-6,9H2,1-3H3. The molecule has 17 heavy (non-hydrogen) atoms. The van der Waals surface area contributed by atoms with Gasteiger partial charge in [0.25, 0.3) is 0 Å². The summed E-state index contributed by atoms with van der Waals surface area (Å²) >= 11 is 0. The molecule has 0 atom stereocenters. The number of H-pyrrole nitrogens is 1. The van der Waals surface area contributed by atoms with Crippen LogP contribution < -0.4 is 0 Å². The summed E-state index contributed by atoms with van der Waals surface area (Å²) in [5.74, 6) is 0. The first-order chi connectivity index (χ1) is 8.19. The highest BCUT2D eigenvalue weighted by atomic mass is 15.1. The van der Waals surface area contributed by atoms with Gasteiger partial charge in [-0.1, -0.05) is 18.6 Å². The predicted octanol–water partition coefficient (Wildman–Crippen LogP) is 3.16. The maximum Gasteiger partial charge on any atom is 0.0489 e. The van der Waals surface area contributed by atoms with Crippen molar-refractivity contribution in [3.05, 3.63) is 34.5 Å². The lowest BCUT2D eigenvalue weighted by atomic mass is 10.0. The lowest BCUT2D eigenvalue weighted by Gasteiger charge is -2.25. The molecule has 3 rings (SSSR count). The summed E-state index contributed by atoms with van der Waals surface area (Å²) < 4.78 is 0. The van der Waals surface area contributed by atoms with E-state index < -0.39 is 0 Å². The van der Waals surface area contributed by atoms with Gasteiger partial charge in [0.2, 0.25) is 0 Å². The molecule has 1 aliphatic rings. The van der Waals surface area contributed by atoms with E-state index in [9.17, 15) is 0 Å². The van der Waals surface area contributed by atoms with Crippen molar-refractivity contribution in [1.82, 2.24) is 9.88 Å². The van der Waals surface area contributed by atoms with Crippen LogP contribution in [0.2, 0.25) is 0 Å². The highest BCUT2D eigenvalue weighted by Crippen LogP contribution is 2.30. The Morgan fingerprint density at radius 2 is 2.12 bits per heavy atom. The second kappa shape index (κ2) is 3.88. The molecule has 0 unspecified atom stereocenters. The fourth-order valence-corrected chi connectivity index (χ4v) is 3.00. The van der Waals surface area contributed by atoms with Gasteiger partial charge < -0.3 is 4.98 Å². The van der Waals surface area contributed by atoms with Crippen LogP contribution in [0.25, 0.3) is 10.9 Å². The van der Waals surface area contributed by atoms with Gasteiger partial charge in [0.15, 0.2) is 0 Å². The van der Waals surface area contributed by atoms with Gasteiger partial charge in [-0.15, -0.1) is 0 Å². The molecule has 1 N–H and O–H groups in total. The second-order valence-electron chi connectivity index (χ2n) is 5.21. The molecule has 0 spiro atoms. The Morgan fingerprint density at radius 1 is 1.29 bits per heavy atom. The van der Waals surface area contributed by atoms with E-state index in [1.54, 1.807) is 0 Å². The number of aromatic nitrogens is 1. The average molecular weight is 228 g/mol. The zero-order valence-corrected chi connectivity index (χ0v) is 10.9. The van der Waals surface area contributed by atoms with Crippen LogP contribution >= 0.6 is 0 Å². The van der Waals surface area contributed by atoms with E-state index in [4.69, 9.17) is 0 Å². The summed E-state index contributed by atoms with van der Waals surface area (Å²) in [6, 6.07) is 4.60. The van der Waals surface area contributed by atoms with Crippen LogP contribution in [0.4, 0.5) is 0 Å². The topological polar surface area (TPSA) is 19.0 Å². The first-order valence-corrected chi connectivity index (χ1v) is 6.52. The SMILES string of the molecule is CCN1CCc2[nH]c3c(C)cc(C)cc3c2C1. The van der Waals surface area contributed by atoms with E-state index in [1.165, 1.54) is 39.8 Å². The Balaban J connectivity index is 2.20. The summed E-state index contributed by atoms with van der Waals surface area (Å²) in [6.45, 7) is 10.1. The smallest absolute Gasteiger partial charge is 0.0489 e.